The summed E-state index contributed by atoms with van der Waals surface area (Å²) in [7, 11) is 2.01. The molecule has 28 heavy (non-hydrogen) atoms. The number of benzene rings is 1. The molecule has 2 aliphatic heterocycles. The van der Waals surface area contributed by atoms with Crippen molar-refractivity contribution in [1.29, 1.82) is 0 Å². The van der Waals surface area contributed by atoms with Gasteiger partial charge < -0.3 is 9.64 Å². The first-order valence-corrected chi connectivity index (χ1v) is 10.3. The predicted molar refractivity (Wildman–Crippen MR) is 108 cm³/mol. The molecule has 7 heteroatoms. The van der Waals surface area contributed by atoms with Crippen molar-refractivity contribution in [2.24, 2.45) is 7.05 Å². The number of hydrogen-bond donors (Lipinski definition) is 0. The summed E-state index contributed by atoms with van der Waals surface area (Å²) in [5, 5.41) is 5.51. The second kappa shape index (κ2) is 8.64. The molecule has 0 atom stereocenters. The van der Waals surface area contributed by atoms with Crippen LogP contribution in [0.15, 0.2) is 24.3 Å². The van der Waals surface area contributed by atoms with Crippen molar-refractivity contribution in [3.8, 4) is 0 Å². The summed E-state index contributed by atoms with van der Waals surface area (Å²) in [4.78, 5) is 16.8. The number of rotatable bonds is 5. The number of nitrogens with zero attached hydrogens (tertiary/aromatic N) is 4. The third-order valence-corrected chi connectivity index (χ3v) is 5.92. The van der Waals surface area contributed by atoms with Crippen LogP contribution in [-0.4, -0.2) is 58.3 Å². The van der Waals surface area contributed by atoms with Crippen LogP contribution in [0.4, 0.5) is 0 Å². The number of morpholine rings is 1. The summed E-state index contributed by atoms with van der Waals surface area (Å²) < 4.78 is 7.34. The Hall–Kier alpha value is -1.89. The summed E-state index contributed by atoms with van der Waals surface area (Å²) in [5.74, 6) is 0.205. The first kappa shape index (κ1) is 19.4. The lowest BCUT2D eigenvalue weighted by atomic mass is 10.0. The Balaban J connectivity index is 1.40. The van der Waals surface area contributed by atoms with Crippen molar-refractivity contribution in [1.82, 2.24) is 19.6 Å². The van der Waals surface area contributed by atoms with Gasteiger partial charge in [0.05, 0.1) is 18.9 Å². The Morgan fingerprint density at radius 2 is 1.93 bits per heavy atom. The van der Waals surface area contributed by atoms with E-state index in [1.165, 1.54) is 16.8 Å². The number of ether oxygens (including phenoxy) is 1. The minimum atomic E-state index is 0.205. The monoisotopic (exact) mass is 402 g/mol. The Kier molecular flexibility index (Phi) is 5.99. The molecule has 0 aliphatic carbocycles. The second-order valence-electron chi connectivity index (χ2n) is 7.58. The summed E-state index contributed by atoms with van der Waals surface area (Å²) in [6.07, 6.45) is 2.21. The standard InChI is InChI=1S/C21H27ClN4O2/c1-24-20-8-9-25(14-16-2-4-17(22)5-3-16)15-18(20)19(23-24)6-7-21(27)26-10-12-28-13-11-26/h2-5H,6-15H2,1H3. The maximum absolute atomic E-state index is 12.5. The molecule has 0 unspecified atom stereocenters. The number of amides is 1. The normalized spacial score (nSPS) is 17.6. The molecular weight excluding hydrogens is 376 g/mol. The average molecular weight is 403 g/mol. The van der Waals surface area contributed by atoms with Crippen LogP contribution in [0.1, 0.15) is 28.9 Å². The van der Waals surface area contributed by atoms with E-state index in [2.05, 4.69) is 17.0 Å². The fraction of sp³-hybridized carbons (Fsp3) is 0.524. The van der Waals surface area contributed by atoms with Gasteiger partial charge in [0.15, 0.2) is 0 Å². The van der Waals surface area contributed by atoms with Crippen LogP contribution in [0.3, 0.4) is 0 Å². The second-order valence-corrected chi connectivity index (χ2v) is 8.01. The number of hydrogen-bond acceptors (Lipinski definition) is 4. The number of aromatic nitrogens is 2. The van der Waals surface area contributed by atoms with E-state index in [-0.39, 0.29) is 5.91 Å². The molecule has 6 nitrogen and oxygen atoms in total. The molecular formula is C21H27ClN4O2. The van der Waals surface area contributed by atoms with Crippen LogP contribution in [0.5, 0.6) is 0 Å². The van der Waals surface area contributed by atoms with Crippen molar-refractivity contribution in [3.05, 3.63) is 51.8 Å². The van der Waals surface area contributed by atoms with Gasteiger partial charge in [-0.1, -0.05) is 23.7 Å². The van der Waals surface area contributed by atoms with Gasteiger partial charge in [0.2, 0.25) is 5.91 Å². The lowest BCUT2D eigenvalue weighted by molar-refractivity contribution is -0.135. The first-order valence-electron chi connectivity index (χ1n) is 9.96. The summed E-state index contributed by atoms with van der Waals surface area (Å²) in [6.45, 7) is 5.49. The minimum Gasteiger partial charge on any atom is -0.378 e. The molecule has 0 saturated carbocycles. The molecule has 1 aromatic heterocycles. The molecule has 2 aliphatic rings. The molecule has 0 spiro atoms. The molecule has 3 heterocycles. The van der Waals surface area contributed by atoms with E-state index in [0.29, 0.717) is 39.1 Å². The van der Waals surface area contributed by atoms with Gasteiger partial charge in [0.1, 0.15) is 0 Å². The Labute approximate surface area is 171 Å². The van der Waals surface area contributed by atoms with Gasteiger partial charge in [-0.25, -0.2) is 0 Å². The van der Waals surface area contributed by atoms with Gasteiger partial charge in [-0.05, 0) is 17.7 Å². The number of carbonyl (C=O) groups is 1. The zero-order chi connectivity index (χ0) is 19.5. The number of halogens is 1. The van der Waals surface area contributed by atoms with Crippen LogP contribution < -0.4 is 0 Å². The third-order valence-electron chi connectivity index (χ3n) is 5.66. The van der Waals surface area contributed by atoms with Crippen molar-refractivity contribution >= 4 is 17.5 Å². The smallest absolute Gasteiger partial charge is 0.223 e. The largest absolute Gasteiger partial charge is 0.378 e. The van der Waals surface area contributed by atoms with Gasteiger partial charge in [0, 0.05) is 75.3 Å². The topological polar surface area (TPSA) is 50.6 Å². The van der Waals surface area contributed by atoms with Crippen LogP contribution in [0, 0.1) is 0 Å². The lowest BCUT2D eigenvalue weighted by Crippen LogP contribution is -2.40. The van der Waals surface area contributed by atoms with Gasteiger partial charge in [0.25, 0.3) is 0 Å². The number of aryl methyl sites for hydroxylation is 2. The zero-order valence-electron chi connectivity index (χ0n) is 16.4. The average Bonchev–Trinajstić information content (AvgIpc) is 3.03. The molecule has 0 radical (unpaired) electrons. The predicted octanol–water partition coefficient (Wildman–Crippen LogP) is 2.42. The summed E-state index contributed by atoms with van der Waals surface area (Å²) in [6, 6.07) is 8.06. The SMILES string of the molecule is Cn1nc(CCC(=O)N2CCOCC2)c2c1CCN(Cc1ccc(Cl)cc1)C2. The van der Waals surface area contributed by atoms with E-state index in [0.717, 1.165) is 36.8 Å². The van der Waals surface area contributed by atoms with E-state index < -0.39 is 0 Å². The van der Waals surface area contributed by atoms with Crippen LogP contribution in [0.2, 0.25) is 5.02 Å². The van der Waals surface area contributed by atoms with Gasteiger partial charge in [-0.3, -0.25) is 14.4 Å². The number of carbonyl (C=O) groups excluding carboxylic acids is 1. The molecule has 1 saturated heterocycles. The molecule has 0 N–H and O–H groups in total. The fourth-order valence-electron chi connectivity index (χ4n) is 4.11. The maximum Gasteiger partial charge on any atom is 0.223 e. The lowest BCUT2D eigenvalue weighted by Gasteiger charge is -2.28. The molecule has 2 aromatic rings. The molecule has 1 amide bonds. The van der Waals surface area contributed by atoms with Crippen molar-refractivity contribution in [3.63, 3.8) is 0 Å². The quantitative estimate of drug-likeness (QED) is 0.770. The van der Waals surface area contributed by atoms with Crippen LogP contribution in [0.25, 0.3) is 0 Å². The van der Waals surface area contributed by atoms with E-state index >= 15 is 0 Å². The van der Waals surface area contributed by atoms with E-state index in [9.17, 15) is 4.79 Å². The summed E-state index contributed by atoms with van der Waals surface area (Å²) >= 11 is 6.00. The van der Waals surface area contributed by atoms with Crippen molar-refractivity contribution < 1.29 is 9.53 Å². The highest BCUT2D eigenvalue weighted by molar-refractivity contribution is 6.30. The Bertz CT molecular complexity index is 828. The fourth-order valence-corrected chi connectivity index (χ4v) is 4.23. The first-order chi connectivity index (χ1) is 13.6. The molecule has 1 aromatic carbocycles. The highest BCUT2D eigenvalue weighted by Gasteiger charge is 2.25. The zero-order valence-corrected chi connectivity index (χ0v) is 17.1. The maximum atomic E-state index is 12.5. The Morgan fingerprint density at radius 1 is 1.18 bits per heavy atom. The molecule has 150 valence electrons. The van der Waals surface area contributed by atoms with E-state index in [1.54, 1.807) is 0 Å². The van der Waals surface area contributed by atoms with Gasteiger partial charge in [-0.15, -0.1) is 0 Å². The van der Waals surface area contributed by atoms with E-state index in [1.807, 2.05) is 28.8 Å². The van der Waals surface area contributed by atoms with Gasteiger partial charge >= 0.3 is 0 Å². The highest BCUT2D eigenvalue weighted by atomic mass is 35.5. The molecule has 0 bridgehead atoms. The third kappa shape index (κ3) is 4.40. The van der Waals surface area contributed by atoms with E-state index in [4.69, 9.17) is 21.4 Å². The van der Waals surface area contributed by atoms with Crippen LogP contribution >= 0.6 is 11.6 Å². The Morgan fingerprint density at radius 3 is 2.68 bits per heavy atom. The van der Waals surface area contributed by atoms with Crippen molar-refractivity contribution in [2.75, 3.05) is 32.8 Å². The minimum absolute atomic E-state index is 0.205. The van der Waals surface area contributed by atoms with Gasteiger partial charge in [-0.2, -0.15) is 5.10 Å². The highest BCUT2D eigenvalue weighted by Crippen LogP contribution is 2.25. The summed E-state index contributed by atoms with van der Waals surface area (Å²) in [5.41, 5.74) is 4.94. The molecule has 4 rings (SSSR count). The van der Waals surface area contributed by atoms with Crippen molar-refractivity contribution in [2.45, 2.75) is 32.4 Å². The van der Waals surface area contributed by atoms with Crippen LogP contribution in [-0.2, 0) is 42.5 Å². The molecule has 1 fully saturated rings. The number of fused-ring (bicyclic) bond motifs is 1.